The summed E-state index contributed by atoms with van der Waals surface area (Å²) in [6.45, 7) is 0. The first-order valence-corrected chi connectivity index (χ1v) is 2.05. The van der Waals surface area contributed by atoms with Crippen molar-refractivity contribution in [3.8, 4) is 0 Å². The zero-order chi connectivity index (χ0) is 4.50. The summed E-state index contributed by atoms with van der Waals surface area (Å²) in [5, 5.41) is 0. The second kappa shape index (κ2) is 5.07. The summed E-state index contributed by atoms with van der Waals surface area (Å²) < 4.78 is 32.8. The number of hydrogen-bond donors (Lipinski definition) is 1. The zero-order valence-corrected chi connectivity index (χ0v) is 6.15. The van der Waals surface area contributed by atoms with Crippen molar-refractivity contribution < 1.29 is 29.9 Å². The van der Waals surface area contributed by atoms with Crippen LogP contribution in [0.2, 0.25) is 0 Å². The molecular formula is HClMgO4S. The van der Waals surface area contributed by atoms with Gasteiger partial charge in [-0.1, -0.05) is 0 Å². The van der Waals surface area contributed by atoms with Crippen molar-refractivity contribution in [3.63, 3.8) is 0 Å². The third kappa shape index (κ3) is 196. The van der Waals surface area contributed by atoms with Crippen LogP contribution in [-0.4, -0.2) is 40.6 Å². The van der Waals surface area contributed by atoms with Crippen molar-refractivity contribution in [1.29, 1.82) is 0 Å². The van der Waals surface area contributed by atoms with Gasteiger partial charge in [0.05, 0.1) is 0 Å². The third-order valence-corrected chi connectivity index (χ3v) is 0. The average Bonchev–Trinajstić information content (AvgIpc) is 0.722. The molecule has 0 amide bonds. The first-order valence-electron chi connectivity index (χ1n) is 0.683. The molecule has 0 aliphatic rings. The molecule has 7 heteroatoms. The predicted molar refractivity (Wildman–Crippen MR) is 18.1 cm³/mol. The summed E-state index contributed by atoms with van der Waals surface area (Å²) in [6, 6.07) is 0. The van der Waals surface area contributed by atoms with Crippen molar-refractivity contribution in [2.24, 2.45) is 0 Å². The van der Waals surface area contributed by atoms with E-state index >= 15 is 0 Å². The van der Waals surface area contributed by atoms with E-state index in [4.69, 9.17) is 17.5 Å². The summed E-state index contributed by atoms with van der Waals surface area (Å²) in [5.41, 5.74) is 0. The van der Waals surface area contributed by atoms with Crippen LogP contribution >= 0.6 is 0 Å². The number of rotatable bonds is 0. The SMILES string of the molecule is O=S(=O)([O-])O.[Cl-].[Mg+2]. The largest absolute Gasteiger partial charge is 2.00 e. The fourth-order valence-corrected chi connectivity index (χ4v) is 0. The van der Waals surface area contributed by atoms with Gasteiger partial charge in [-0.3, -0.25) is 4.55 Å². The van der Waals surface area contributed by atoms with Crippen LogP contribution in [0.3, 0.4) is 0 Å². The van der Waals surface area contributed by atoms with Gasteiger partial charge in [0.25, 0.3) is 0 Å². The Kier molecular flexibility index (Phi) is 11.3. The van der Waals surface area contributed by atoms with Crippen LogP contribution < -0.4 is 12.4 Å². The monoisotopic (exact) mass is 156 g/mol. The van der Waals surface area contributed by atoms with Gasteiger partial charge in [-0.25, -0.2) is 8.42 Å². The molecule has 0 saturated heterocycles. The standard InChI is InChI=1S/ClH.Mg.H2O4S/c;;1-5(2,3)4/h1H;;(H2,1,2,3,4)/q;+2;/p-2. The van der Waals surface area contributed by atoms with Crippen molar-refractivity contribution in [2.75, 3.05) is 0 Å². The van der Waals surface area contributed by atoms with Gasteiger partial charge in [-0.05, 0) is 0 Å². The van der Waals surface area contributed by atoms with Gasteiger partial charge in [0, 0.05) is 0 Å². The molecule has 0 unspecified atom stereocenters. The Morgan fingerprint density at radius 1 is 1.43 bits per heavy atom. The van der Waals surface area contributed by atoms with Gasteiger partial charge in [0.15, 0.2) is 0 Å². The molecule has 1 N–H and O–H groups in total. The van der Waals surface area contributed by atoms with Crippen molar-refractivity contribution in [2.45, 2.75) is 0 Å². The van der Waals surface area contributed by atoms with Crippen molar-refractivity contribution >= 4 is 33.5 Å². The molecule has 0 rings (SSSR count). The minimum Gasteiger partial charge on any atom is -1.00 e. The van der Waals surface area contributed by atoms with E-state index < -0.39 is 10.4 Å². The molecule has 0 atom stereocenters. The first kappa shape index (κ1) is 15.7. The summed E-state index contributed by atoms with van der Waals surface area (Å²) in [5.74, 6) is 0. The molecule has 0 heterocycles. The molecule has 0 bridgehead atoms. The predicted octanol–water partition coefficient (Wildman–Crippen LogP) is -4.37. The molecule has 0 aliphatic carbocycles. The van der Waals surface area contributed by atoms with E-state index in [1.54, 1.807) is 0 Å². The van der Waals surface area contributed by atoms with Gasteiger partial charge >= 0.3 is 23.1 Å². The van der Waals surface area contributed by atoms with Gasteiger partial charge in [-0.2, -0.15) is 0 Å². The number of hydrogen-bond acceptors (Lipinski definition) is 3. The zero-order valence-electron chi connectivity index (χ0n) is 3.17. The van der Waals surface area contributed by atoms with E-state index in [-0.39, 0.29) is 35.5 Å². The summed E-state index contributed by atoms with van der Waals surface area (Å²) in [4.78, 5) is 0. The van der Waals surface area contributed by atoms with Crippen LogP contribution in [0.1, 0.15) is 0 Å². The number of halogens is 1. The fraction of sp³-hybridized carbons (Fsp3) is 0. The third-order valence-electron chi connectivity index (χ3n) is 0. The molecule has 0 fully saturated rings. The van der Waals surface area contributed by atoms with Crippen molar-refractivity contribution in [3.05, 3.63) is 0 Å². The Morgan fingerprint density at radius 3 is 1.43 bits per heavy atom. The molecule has 4 nitrogen and oxygen atoms in total. The van der Waals surface area contributed by atoms with Crippen LogP contribution in [0.4, 0.5) is 0 Å². The minimum absolute atomic E-state index is 0. The van der Waals surface area contributed by atoms with E-state index in [1.165, 1.54) is 0 Å². The van der Waals surface area contributed by atoms with Crippen LogP contribution in [0.5, 0.6) is 0 Å². The molecular weight excluding hydrogens is 156 g/mol. The molecule has 0 aromatic heterocycles. The smallest absolute Gasteiger partial charge is 1.00 e. The van der Waals surface area contributed by atoms with Crippen LogP contribution in [0.25, 0.3) is 0 Å². The molecule has 40 valence electrons. The van der Waals surface area contributed by atoms with E-state index in [0.29, 0.717) is 0 Å². The second-order valence-corrected chi connectivity index (χ2v) is 1.28. The quantitative estimate of drug-likeness (QED) is 0.219. The first-order chi connectivity index (χ1) is 2.00. The average molecular weight is 157 g/mol. The Balaban J connectivity index is -0.0000000800. The van der Waals surface area contributed by atoms with E-state index in [0.717, 1.165) is 0 Å². The van der Waals surface area contributed by atoms with E-state index in [1.807, 2.05) is 0 Å². The van der Waals surface area contributed by atoms with Gasteiger partial charge < -0.3 is 17.0 Å². The van der Waals surface area contributed by atoms with Crippen LogP contribution in [-0.2, 0) is 10.4 Å². The van der Waals surface area contributed by atoms with Gasteiger partial charge in [0.2, 0.25) is 10.4 Å². The Bertz CT molecular complexity index is 94.9. The summed E-state index contributed by atoms with van der Waals surface area (Å²) in [6.07, 6.45) is 0. The fourth-order valence-electron chi connectivity index (χ4n) is 0. The molecule has 0 aromatic carbocycles. The Hall–Kier alpha value is 0.926. The Morgan fingerprint density at radius 2 is 1.43 bits per heavy atom. The van der Waals surface area contributed by atoms with Crippen LogP contribution in [0, 0.1) is 0 Å². The molecule has 0 aliphatic heterocycles. The normalized spacial score (nSPS) is 8.29. The minimum atomic E-state index is -4.92. The maximum absolute atomic E-state index is 8.63. The second-order valence-electron chi connectivity index (χ2n) is 0.428. The van der Waals surface area contributed by atoms with E-state index in [2.05, 4.69) is 0 Å². The Labute approximate surface area is 63.4 Å². The molecule has 0 radical (unpaired) electrons. The van der Waals surface area contributed by atoms with Crippen LogP contribution in [0.15, 0.2) is 0 Å². The van der Waals surface area contributed by atoms with E-state index in [9.17, 15) is 0 Å². The molecule has 0 spiro atoms. The maximum atomic E-state index is 8.63. The van der Waals surface area contributed by atoms with Crippen molar-refractivity contribution in [1.82, 2.24) is 0 Å². The molecule has 0 aromatic rings. The summed E-state index contributed by atoms with van der Waals surface area (Å²) in [7, 11) is -4.92. The van der Waals surface area contributed by atoms with Gasteiger partial charge in [0.1, 0.15) is 0 Å². The summed E-state index contributed by atoms with van der Waals surface area (Å²) >= 11 is 0. The molecule has 7 heavy (non-hydrogen) atoms. The van der Waals surface area contributed by atoms with Gasteiger partial charge in [-0.15, -0.1) is 0 Å². The topological polar surface area (TPSA) is 77.4 Å². The maximum Gasteiger partial charge on any atom is 2.00 e. The molecule has 0 saturated carbocycles.